The molecule has 0 aliphatic heterocycles. The van der Waals surface area contributed by atoms with Crippen LogP contribution in [0.4, 0.5) is 0 Å². The number of ether oxygens (including phenoxy) is 2. The lowest BCUT2D eigenvalue weighted by Crippen LogP contribution is -2.14. The van der Waals surface area contributed by atoms with E-state index in [9.17, 15) is 9.90 Å². The van der Waals surface area contributed by atoms with Crippen LogP contribution in [0.3, 0.4) is 0 Å². The quantitative estimate of drug-likeness (QED) is 0.791. The third-order valence-electron chi connectivity index (χ3n) is 3.74. The predicted octanol–water partition coefficient (Wildman–Crippen LogP) is 4.14. The summed E-state index contributed by atoms with van der Waals surface area (Å²) in [7, 11) is 1.60. The molecule has 0 bridgehead atoms. The standard InChI is InChI=1S/C20H24O4/c1-14(2)13-24-19-12-15(9-10-18(19)23-3)11-17(20(21)22)16-7-5-4-6-8-16/h4-10,12,14,17H,11,13H2,1-3H3,(H,21,22). The molecule has 1 atom stereocenters. The third-order valence-corrected chi connectivity index (χ3v) is 3.74. The summed E-state index contributed by atoms with van der Waals surface area (Å²) in [6, 6.07) is 14.9. The zero-order valence-electron chi connectivity index (χ0n) is 14.4. The summed E-state index contributed by atoms with van der Waals surface area (Å²) in [4.78, 5) is 11.7. The number of hydrogen-bond donors (Lipinski definition) is 1. The number of hydrogen-bond acceptors (Lipinski definition) is 3. The summed E-state index contributed by atoms with van der Waals surface area (Å²) in [5, 5.41) is 9.58. The van der Waals surface area contributed by atoms with Gasteiger partial charge >= 0.3 is 5.97 Å². The summed E-state index contributed by atoms with van der Waals surface area (Å²) in [5.74, 6) is 0.292. The third kappa shape index (κ3) is 4.75. The highest BCUT2D eigenvalue weighted by molar-refractivity contribution is 5.76. The number of benzene rings is 2. The van der Waals surface area contributed by atoms with Crippen LogP contribution in [0.2, 0.25) is 0 Å². The second-order valence-corrected chi connectivity index (χ2v) is 6.20. The van der Waals surface area contributed by atoms with E-state index in [2.05, 4.69) is 13.8 Å². The Hall–Kier alpha value is -2.49. The second kappa shape index (κ2) is 8.39. The van der Waals surface area contributed by atoms with Gasteiger partial charge in [0.1, 0.15) is 0 Å². The van der Waals surface area contributed by atoms with E-state index < -0.39 is 11.9 Å². The minimum absolute atomic E-state index is 0.398. The summed E-state index contributed by atoms with van der Waals surface area (Å²) in [5.41, 5.74) is 1.70. The van der Waals surface area contributed by atoms with Crippen molar-refractivity contribution < 1.29 is 19.4 Å². The Balaban J connectivity index is 2.24. The molecule has 24 heavy (non-hydrogen) atoms. The SMILES string of the molecule is COc1ccc(CC(C(=O)O)c2ccccc2)cc1OCC(C)C. The first-order valence-corrected chi connectivity index (χ1v) is 8.08. The van der Waals surface area contributed by atoms with Crippen molar-refractivity contribution in [2.75, 3.05) is 13.7 Å². The Morgan fingerprint density at radius 2 is 1.79 bits per heavy atom. The second-order valence-electron chi connectivity index (χ2n) is 6.20. The van der Waals surface area contributed by atoms with Crippen molar-refractivity contribution in [3.63, 3.8) is 0 Å². The van der Waals surface area contributed by atoms with Gasteiger partial charge in [0.05, 0.1) is 19.6 Å². The summed E-state index contributed by atoms with van der Waals surface area (Å²) in [6.07, 6.45) is 0.404. The number of carboxylic acids is 1. The molecule has 4 heteroatoms. The Labute approximate surface area is 143 Å². The van der Waals surface area contributed by atoms with Gasteiger partial charge in [-0.05, 0) is 35.6 Å². The molecule has 4 nitrogen and oxygen atoms in total. The minimum atomic E-state index is -0.832. The smallest absolute Gasteiger partial charge is 0.311 e. The Morgan fingerprint density at radius 3 is 2.38 bits per heavy atom. The number of rotatable bonds is 8. The molecule has 0 aromatic heterocycles. The Bertz CT molecular complexity index is 665. The van der Waals surface area contributed by atoms with E-state index in [4.69, 9.17) is 9.47 Å². The molecule has 0 fully saturated rings. The van der Waals surface area contributed by atoms with Gasteiger partial charge in [0, 0.05) is 0 Å². The van der Waals surface area contributed by atoms with Gasteiger partial charge in [0.25, 0.3) is 0 Å². The van der Waals surface area contributed by atoms with Crippen molar-refractivity contribution in [1.29, 1.82) is 0 Å². The van der Waals surface area contributed by atoms with Crippen LogP contribution >= 0.6 is 0 Å². The van der Waals surface area contributed by atoms with Crippen LogP contribution in [-0.2, 0) is 11.2 Å². The normalized spacial score (nSPS) is 12.0. The first kappa shape index (κ1) is 17.9. The highest BCUT2D eigenvalue weighted by atomic mass is 16.5. The molecule has 0 saturated heterocycles. The van der Waals surface area contributed by atoms with E-state index in [0.717, 1.165) is 11.1 Å². The van der Waals surface area contributed by atoms with Crippen molar-refractivity contribution in [2.24, 2.45) is 5.92 Å². The molecule has 0 heterocycles. The van der Waals surface area contributed by atoms with Gasteiger partial charge in [-0.2, -0.15) is 0 Å². The fraction of sp³-hybridized carbons (Fsp3) is 0.350. The van der Waals surface area contributed by atoms with Crippen molar-refractivity contribution >= 4 is 5.97 Å². The van der Waals surface area contributed by atoms with Crippen molar-refractivity contribution in [3.8, 4) is 11.5 Å². The Morgan fingerprint density at radius 1 is 1.08 bits per heavy atom. The largest absolute Gasteiger partial charge is 0.493 e. The average molecular weight is 328 g/mol. The van der Waals surface area contributed by atoms with Gasteiger partial charge in [-0.1, -0.05) is 50.2 Å². The molecule has 2 aromatic rings. The highest BCUT2D eigenvalue weighted by Crippen LogP contribution is 2.31. The molecule has 0 spiro atoms. The summed E-state index contributed by atoms with van der Waals surface area (Å²) in [6.45, 7) is 4.74. The van der Waals surface area contributed by atoms with Crippen LogP contribution in [0.1, 0.15) is 30.9 Å². The number of carbonyl (C=O) groups is 1. The average Bonchev–Trinajstić information content (AvgIpc) is 2.58. The van der Waals surface area contributed by atoms with E-state index in [-0.39, 0.29) is 0 Å². The molecule has 1 unspecified atom stereocenters. The van der Waals surface area contributed by atoms with Crippen LogP contribution in [-0.4, -0.2) is 24.8 Å². The van der Waals surface area contributed by atoms with Gasteiger partial charge < -0.3 is 14.6 Å². The lowest BCUT2D eigenvalue weighted by atomic mass is 9.92. The fourth-order valence-electron chi connectivity index (χ4n) is 2.49. The topological polar surface area (TPSA) is 55.8 Å². The van der Waals surface area contributed by atoms with Crippen molar-refractivity contribution in [1.82, 2.24) is 0 Å². The van der Waals surface area contributed by atoms with Gasteiger partial charge in [-0.3, -0.25) is 4.79 Å². The molecule has 0 aliphatic carbocycles. The van der Waals surface area contributed by atoms with E-state index in [0.29, 0.717) is 30.4 Å². The first-order valence-electron chi connectivity index (χ1n) is 8.08. The molecule has 0 amide bonds. The minimum Gasteiger partial charge on any atom is -0.493 e. The zero-order valence-corrected chi connectivity index (χ0v) is 14.4. The maximum atomic E-state index is 11.7. The monoisotopic (exact) mass is 328 g/mol. The van der Waals surface area contributed by atoms with Gasteiger partial charge in [0.15, 0.2) is 11.5 Å². The molecular formula is C20H24O4. The van der Waals surface area contributed by atoms with Gasteiger partial charge in [-0.15, -0.1) is 0 Å². The molecule has 2 aromatic carbocycles. The number of carboxylic acid groups (broad SMARTS) is 1. The maximum Gasteiger partial charge on any atom is 0.311 e. The van der Waals surface area contributed by atoms with E-state index in [1.54, 1.807) is 7.11 Å². The molecule has 0 aliphatic rings. The number of aliphatic carboxylic acids is 1. The molecular weight excluding hydrogens is 304 g/mol. The lowest BCUT2D eigenvalue weighted by molar-refractivity contribution is -0.138. The van der Waals surface area contributed by atoms with Crippen molar-refractivity contribution in [3.05, 3.63) is 59.7 Å². The summed E-state index contributed by atoms with van der Waals surface area (Å²) >= 11 is 0. The fourth-order valence-corrected chi connectivity index (χ4v) is 2.49. The summed E-state index contributed by atoms with van der Waals surface area (Å²) < 4.78 is 11.1. The van der Waals surface area contributed by atoms with Crippen LogP contribution in [0, 0.1) is 5.92 Å². The van der Waals surface area contributed by atoms with E-state index >= 15 is 0 Å². The zero-order chi connectivity index (χ0) is 17.5. The van der Waals surface area contributed by atoms with Crippen LogP contribution in [0.15, 0.2) is 48.5 Å². The van der Waals surface area contributed by atoms with E-state index in [1.807, 2.05) is 48.5 Å². The van der Waals surface area contributed by atoms with E-state index in [1.165, 1.54) is 0 Å². The Kier molecular flexibility index (Phi) is 6.24. The van der Waals surface area contributed by atoms with Crippen molar-refractivity contribution in [2.45, 2.75) is 26.2 Å². The first-order chi connectivity index (χ1) is 11.5. The maximum absolute atomic E-state index is 11.7. The molecule has 0 radical (unpaired) electrons. The highest BCUT2D eigenvalue weighted by Gasteiger charge is 2.21. The molecule has 2 rings (SSSR count). The number of methoxy groups -OCH3 is 1. The molecule has 0 saturated carbocycles. The van der Waals surface area contributed by atoms with Gasteiger partial charge in [0.2, 0.25) is 0 Å². The van der Waals surface area contributed by atoms with Gasteiger partial charge in [-0.25, -0.2) is 0 Å². The molecule has 1 N–H and O–H groups in total. The van der Waals surface area contributed by atoms with Crippen LogP contribution in [0.25, 0.3) is 0 Å². The lowest BCUT2D eigenvalue weighted by Gasteiger charge is -2.16. The van der Waals surface area contributed by atoms with Crippen LogP contribution < -0.4 is 9.47 Å². The van der Waals surface area contributed by atoms with Crippen LogP contribution in [0.5, 0.6) is 11.5 Å². The predicted molar refractivity (Wildman–Crippen MR) is 93.8 cm³/mol. The molecule has 128 valence electrons.